The summed E-state index contributed by atoms with van der Waals surface area (Å²) in [6.07, 6.45) is 12.2. The number of ether oxygens (including phenoxy) is 1. The van der Waals surface area contributed by atoms with Gasteiger partial charge in [0, 0.05) is 5.56 Å². The summed E-state index contributed by atoms with van der Waals surface area (Å²) in [5.74, 6) is 0. The fraction of sp³-hybridized carbons (Fsp3) is 0.500. The number of hydrogen-bond donors (Lipinski definition) is 0. The van der Waals surface area contributed by atoms with Crippen LogP contribution in [0.3, 0.4) is 0 Å². The molecule has 1 aromatic carbocycles. The minimum atomic E-state index is 0.654. The van der Waals surface area contributed by atoms with Gasteiger partial charge in [-0.3, -0.25) is 0 Å². The molecular formula is C20H26N2OS. The molecule has 0 saturated heterocycles. The second-order valence-electron chi connectivity index (χ2n) is 5.97. The van der Waals surface area contributed by atoms with Crippen LogP contribution in [-0.4, -0.2) is 11.6 Å². The van der Waals surface area contributed by atoms with Gasteiger partial charge in [0.15, 0.2) is 5.06 Å². The molecule has 0 saturated carbocycles. The highest BCUT2D eigenvalue weighted by Crippen LogP contribution is 2.32. The van der Waals surface area contributed by atoms with Gasteiger partial charge in [0.1, 0.15) is 5.01 Å². The van der Waals surface area contributed by atoms with Gasteiger partial charge in [0.05, 0.1) is 24.4 Å². The summed E-state index contributed by atoms with van der Waals surface area (Å²) in [5, 5.41) is 10.9. The van der Waals surface area contributed by atoms with Crippen LogP contribution in [0.2, 0.25) is 0 Å². The molecule has 0 aliphatic carbocycles. The second kappa shape index (κ2) is 10.8. The molecule has 0 aliphatic rings. The maximum atomic E-state index is 9.17. The first-order valence-electron chi connectivity index (χ1n) is 8.93. The first-order valence-corrected chi connectivity index (χ1v) is 9.75. The number of benzene rings is 1. The molecule has 0 atom stereocenters. The third kappa shape index (κ3) is 5.98. The molecule has 4 heteroatoms. The number of hydrogen-bond acceptors (Lipinski definition) is 4. The Hall–Kier alpha value is -1.86. The number of nitrogens with zero attached hydrogens (tertiary/aromatic N) is 2. The van der Waals surface area contributed by atoms with Crippen LogP contribution < -0.4 is 4.74 Å². The van der Waals surface area contributed by atoms with Crippen molar-refractivity contribution in [3.05, 3.63) is 36.0 Å². The maximum absolute atomic E-state index is 9.17. The lowest BCUT2D eigenvalue weighted by atomic mass is 10.1. The van der Waals surface area contributed by atoms with Gasteiger partial charge in [-0.15, -0.1) is 0 Å². The highest BCUT2D eigenvalue weighted by Gasteiger charge is 2.09. The lowest BCUT2D eigenvalue weighted by molar-refractivity contribution is 0.312. The lowest BCUT2D eigenvalue weighted by Crippen LogP contribution is -1.95. The SMILES string of the molecule is CCCCCCCCCCOc1cnc(-c2ccccc2C#N)s1. The summed E-state index contributed by atoms with van der Waals surface area (Å²) in [5.41, 5.74) is 1.54. The Morgan fingerprint density at radius 3 is 2.50 bits per heavy atom. The Labute approximate surface area is 149 Å². The van der Waals surface area contributed by atoms with Crippen molar-refractivity contribution in [1.29, 1.82) is 5.26 Å². The van der Waals surface area contributed by atoms with Crippen molar-refractivity contribution in [2.24, 2.45) is 0 Å². The lowest BCUT2D eigenvalue weighted by Gasteiger charge is -2.03. The Bertz CT molecular complexity index is 645. The molecule has 0 aliphatic heterocycles. The minimum Gasteiger partial charge on any atom is -0.483 e. The van der Waals surface area contributed by atoms with Crippen LogP contribution in [0.25, 0.3) is 10.6 Å². The standard InChI is InChI=1S/C20H26N2OS/c1-2-3-4-5-6-7-8-11-14-23-19-16-22-20(24-19)18-13-10-9-12-17(18)15-21/h9-10,12-13,16H,2-8,11,14H2,1H3. The monoisotopic (exact) mass is 342 g/mol. The van der Waals surface area contributed by atoms with Gasteiger partial charge >= 0.3 is 0 Å². The summed E-state index contributed by atoms with van der Waals surface area (Å²) < 4.78 is 5.80. The Balaban J connectivity index is 1.68. The molecule has 0 fully saturated rings. The zero-order chi connectivity index (χ0) is 17.0. The average Bonchev–Trinajstić information content (AvgIpc) is 3.09. The predicted molar refractivity (Wildman–Crippen MR) is 100 cm³/mol. The fourth-order valence-electron chi connectivity index (χ4n) is 2.63. The highest BCUT2D eigenvalue weighted by atomic mass is 32.1. The molecule has 0 spiro atoms. The van der Waals surface area contributed by atoms with Gasteiger partial charge in [-0.1, -0.05) is 81.4 Å². The molecule has 0 amide bonds. The van der Waals surface area contributed by atoms with E-state index >= 15 is 0 Å². The Kier molecular flexibility index (Phi) is 8.34. The van der Waals surface area contributed by atoms with Crippen molar-refractivity contribution in [2.75, 3.05) is 6.61 Å². The molecule has 24 heavy (non-hydrogen) atoms. The van der Waals surface area contributed by atoms with Crippen molar-refractivity contribution in [3.8, 4) is 21.7 Å². The van der Waals surface area contributed by atoms with Crippen LogP contribution in [0.15, 0.2) is 30.5 Å². The van der Waals surface area contributed by atoms with Gasteiger partial charge in [-0.05, 0) is 12.5 Å². The molecule has 2 aromatic rings. The summed E-state index contributed by atoms with van der Waals surface area (Å²) >= 11 is 1.51. The van der Waals surface area contributed by atoms with Crippen LogP contribution in [0, 0.1) is 11.3 Å². The Morgan fingerprint density at radius 2 is 1.75 bits per heavy atom. The van der Waals surface area contributed by atoms with E-state index in [2.05, 4.69) is 18.0 Å². The van der Waals surface area contributed by atoms with Crippen molar-refractivity contribution in [3.63, 3.8) is 0 Å². The van der Waals surface area contributed by atoms with E-state index in [9.17, 15) is 5.26 Å². The van der Waals surface area contributed by atoms with Crippen LogP contribution in [-0.2, 0) is 0 Å². The Morgan fingerprint density at radius 1 is 1.04 bits per heavy atom. The number of unbranched alkanes of at least 4 members (excludes halogenated alkanes) is 7. The fourth-order valence-corrected chi connectivity index (χ4v) is 3.46. The van der Waals surface area contributed by atoms with Gasteiger partial charge in [0.2, 0.25) is 0 Å². The quantitative estimate of drug-likeness (QED) is 0.457. The summed E-state index contributed by atoms with van der Waals surface area (Å²) in [7, 11) is 0. The summed E-state index contributed by atoms with van der Waals surface area (Å²) in [4.78, 5) is 4.39. The van der Waals surface area contributed by atoms with E-state index in [1.165, 1.54) is 56.3 Å². The van der Waals surface area contributed by atoms with Gasteiger partial charge in [0.25, 0.3) is 0 Å². The van der Waals surface area contributed by atoms with Crippen molar-refractivity contribution in [1.82, 2.24) is 4.98 Å². The number of aromatic nitrogens is 1. The van der Waals surface area contributed by atoms with Gasteiger partial charge < -0.3 is 4.74 Å². The maximum Gasteiger partial charge on any atom is 0.194 e. The molecule has 1 heterocycles. The topological polar surface area (TPSA) is 45.9 Å². The number of nitriles is 1. The molecule has 0 bridgehead atoms. The molecular weight excluding hydrogens is 316 g/mol. The molecule has 0 radical (unpaired) electrons. The first kappa shape index (κ1) is 18.5. The number of thiazole rings is 1. The summed E-state index contributed by atoms with van der Waals surface area (Å²) in [6, 6.07) is 9.76. The van der Waals surface area contributed by atoms with E-state index in [0.717, 1.165) is 28.7 Å². The molecule has 2 rings (SSSR count). The predicted octanol–water partition coefficient (Wildman–Crippen LogP) is 6.20. The smallest absolute Gasteiger partial charge is 0.194 e. The molecule has 3 nitrogen and oxygen atoms in total. The zero-order valence-corrected chi connectivity index (χ0v) is 15.3. The van der Waals surface area contributed by atoms with Gasteiger partial charge in [-0.25, -0.2) is 4.98 Å². The minimum absolute atomic E-state index is 0.654. The number of rotatable bonds is 11. The van der Waals surface area contributed by atoms with Crippen LogP contribution in [0.4, 0.5) is 0 Å². The second-order valence-corrected chi connectivity index (χ2v) is 6.96. The third-order valence-electron chi connectivity index (χ3n) is 4.00. The van der Waals surface area contributed by atoms with E-state index in [1.54, 1.807) is 6.20 Å². The van der Waals surface area contributed by atoms with Crippen molar-refractivity contribution < 1.29 is 4.74 Å². The van der Waals surface area contributed by atoms with Crippen molar-refractivity contribution >= 4 is 11.3 Å². The van der Waals surface area contributed by atoms with E-state index < -0.39 is 0 Å². The van der Waals surface area contributed by atoms with Crippen LogP contribution in [0.5, 0.6) is 5.06 Å². The highest BCUT2D eigenvalue weighted by molar-refractivity contribution is 7.16. The first-order chi connectivity index (χ1) is 11.8. The van der Waals surface area contributed by atoms with Crippen molar-refractivity contribution in [2.45, 2.75) is 58.3 Å². The molecule has 128 valence electrons. The van der Waals surface area contributed by atoms with E-state index in [0.29, 0.717) is 5.56 Å². The molecule has 0 N–H and O–H groups in total. The summed E-state index contributed by atoms with van der Waals surface area (Å²) in [6.45, 7) is 3.00. The molecule has 0 unspecified atom stereocenters. The largest absolute Gasteiger partial charge is 0.483 e. The zero-order valence-electron chi connectivity index (χ0n) is 14.5. The normalized spacial score (nSPS) is 10.5. The van der Waals surface area contributed by atoms with Crippen LogP contribution >= 0.6 is 11.3 Å². The van der Waals surface area contributed by atoms with Crippen LogP contribution in [0.1, 0.15) is 63.9 Å². The average molecular weight is 343 g/mol. The van der Waals surface area contributed by atoms with Gasteiger partial charge in [-0.2, -0.15) is 5.26 Å². The van der Waals surface area contributed by atoms with E-state index in [4.69, 9.17) is 4.74 Å². The van der Waals surface area contributed by atoms with E-state index in [1.807, 2.05) is 24.3 Å². The van der Waals surface area contributed by atoms with E-state index in [-0.39, 0.29) is 0 Å². The third-order valence-corrected chi connectivity index (χ3v) is 4.95. The molecule has 1 aromatic heterocycles.